The second-order valence-electron chi connectivity index (χ2n) is 4.62. The number of aromatic nitrogens is 1. The highest BCUT2D eigenvalue weighted by Crippen LogP contribution is 2.27. The number of nitrogens with zero attached hydrogens (tertiary/aromatic N) is 1. The second-order valence-corrected chi connectivity index (χ2v) is 4.62. The Balaban J connectivity index is 1.82. The van der Waals surface area contributed by atoms with Crippen LogP contribution >= 0.6 is 0 Å². The Bertz CT molecular complexity index is 400. The SMILES string of the molecule is CCOC1CC(NCc2ccnc(OC)c2)C1OC. The Morgan fingerprint density at radius 2 is 2.26 bits per heavy atom. The maximum absolute atomic E-state index is 5.61. The summed E-state index contributed by atoms with van der Waals surface area (Å²) < 4.78 is 16.2. The molecule has 0 spiro atoms. The molecule has 0 saturated heterocycles. The maximum Gasteiger partial charge on any atom is 0.213 e. The second kappa shape index (κ2) is 6.84. The van der Waals surface area contributed by atoms with E-state index in [2.05, 4.69) is 10.3 Å². The number of methoxy groups -OCH3 is 2. The highest BCUT2D eigenvalue weighted by atomic mass is 16.5. The summed E-state index contributed by atoms with van der Waals surface area (Å²) in [6.07, 6.45) is 3.12. The zero-order valence-electron chi connectivity index (χ0n) is 11.8. The van der Waals surface area contributed by atoms with Gasteiger partial charge < -0.3 is 19.5 Å². The molecule has 0 bridgehead atoms. The number of hydrogen-bond donors (Lipinski definition) is 1. The first kappa shape index (κ1) is 14.2. The van der Waals surface area contributed by atoms with Crippen molar-refractivity contribution in [1.82, 2.24) is 10.3 Å². The minimum absolute atomic E-state index is 0.142. The smallest absolute Gasteiger partial charge is 0.213 e. The molecule has 1 aromatic heterocycles. The predicted octanol–water partition coefficient (Wildman–Crippen LogP) is 1.37. The van der Waals surface area contributed by atoms with Crippen molar-refractivity contribution < 1.29 is 14.2 Å². The number of ether oxygens (including phenoxy) is 3. The normalized spacial score (nSPS) is 25.9. The molecule has 106 valence electrons. The quantitative estimate of drug-likeness (QED) is 0.808. The van der Waals surface area contributed by atoms with Crippen LogP contribution in [0.3, 0.4) is 0 Å². The van der Waals surface area contributed by atoms with Crippen LogP contribution in [0, 0.1) is 0 Å². The predicted molar refractivity (Wildman–Crippen MR) is 72.2 cm³/mol. The van der Waals surface area contributed by atoms with Crippen molar-refractivity contribution in [2.75, 3.05) is 20.8 Å². The van der Waals surface area contributed by atoms with Gasteiger partial charge in [-0.2, -0.15) is 0 Å². The maximum atomic E-state index is 5.61. The van der Waals surface area contributed by atoms with Gasteiger partial charge in [-0.1, -0.05) is 0 Å². The van der Waals surface area contributed by atoms with Gasteiger partial charge in [-0.05, 0) is 25.0 Å². The molecule has 0 aromatic carbocycles. The van der Waals surface area contributed by atoms with Crippen molar-refractivity contribution in [3.8, 4) is 5.88 Å². The van der Waals surface area contributed by atoms with Crippen LogP contribution in [-0.2, 0) is 16.0 Å². The Kier molecular flexibility index (Phi) is 5.13. The molecular formula is C14H22N2O3. The van der Waals surface area contributed by atoms with Gasteiger partial charge in [0.15, 0.2) is 0 Å². The first-order valence-corrected chi connectivity index (χ1v) is 6.65. The van der Waals surface area contributed by atoms with E-state index in [0.717, 1.165) is 25.1 Å². The fourth-order valence-electron chi connectivity index (χ4n) is 2.40. The molecule has 0 aliphatic heterocycles. The molecule has 1 aliphatic rings. The Morgan fingerprint density at radius 1 is 1.42 bits per heavy atom. The van der Waals surface area contributed by atoms with Crippen molar-refractivity contribution in [1.29, 1.82) is 0 Å². The van der Waals surface area contributed by atoms with E-state index >= 15 is 0 Å². The fraction of sp³-hybridized carbons (Fsp3) is 0.643. The van der Waals surface area contributed by atoms with Gasteiger partial charge in [0.25, 0.3) is 0 Å². The van der Waals surface area contributed by atoms with Gasteiger partial charge in [-0.25, -0.2) is 4.98 Å². The van der Waals surface area contributed by atoms with E-state index in [4.69, 9.17) is 14.2 Å². The molecule has 19 heavy (non-hydrogen) atoms. The van der Waals surface area contributed by atoms with Crippen LogP contribution in [0.1, 0.15) is 18.9 Å². The summed E-state index contributed by atoms with van der Waals surface area (Å²) in [5.41, 5.74) is 1.15. The van der Waals surface area contributed by atoms with Crippen LogP contribution in [0.15, 0.2) is 18.3 Å². The van der Waals surface area contributed by atoms with Gasteiger partial charge in [-0.15, -0.1) is 0 Å². The zero-order chi connectivity index (χ0) is 13.7. The molecule has 1 heterocycles. The molecule has 1 N–H and O–H groups in total. The summed E-state index contributed by atoms with van der Waals surface area (Å²) in [7, 11) is 3.36. The zero-order valence-corrected chi connectivity index (χ0v) is 11.8. The van der Waals surface area contributed by atoms with Crippen LogP contribution in [0.4, 0.5) is 0 Å². The van der Waals surface area contributed by atoms with Crippen molar-refractivity contribution in [2.45, 2.75) is 38.1 Å². The Labute approximate surface area is 114 Å². The molecule has 5 heteroatoms. The van der Waals surface area contributed by atoms with E-state index in [0.29, 0.717) is 11.9 Å². The molecule has 0 amide bonds. The Hall–Kier alpha value is -1.17. The average molecular weight is 266 g/mol. The molecule has 0 radical (unpaired) electrons. The number of pyridine rings is 1. The van der Waals surface area contributed by atoms with Crippen molar-refractivity contribution >= 4 is 0 Å². The molecule has 2 rings (SSSR count). The molecule has 1 aliphatic carbocycles. The van der Waals surface area contributed by atoms with Gasteiger partial charge in [0.1, 0.15) is 0 Å². The third-order valence-electron chi connectivity index (χ3n) is 3.48. The molecule has 1 fully saturated rings. The van der Waals surface area contributed by atoms with E-state index in [-0.39, 0.29) is 12.2 Å². The lowest BCUT2D eigenvalue weighted by Crippen LogP contribution is -2.59. The molecule has 5 nitrogen and oxygen atoms in total. The van der Waals surface area contributed by atoms with Gasteiger partial charge >= 0.3 is 0 Å². The fourth-order valence-corrected chi connectivity index (χ4v) is 2.40. The first-order valence-electron chi connectivity index (χ1n) is 6.65. The van der Waals surface area contributed by atoms with Crippen LogP contribution in [0.2, 0.25) is 0 Å². The standard InChI is InChI=1S/C14H22N2O3/c1-4-19-12-8-11(14(12)18-3)16-9-10-5-6-15-13(7-10)17-2/h5-7,11-12,14,16H,4,8-9H2,1-3H3. The lowest BCUT2D eigenvalue weighted by Gasteiger charge is -2.43. The van der Waals surface area contributed by atoms with E-state index in [1.807, 2.05) is 19.1 Å². The molecule has 1 aromatic rings. The molecular weight excluding hydrogens is 244 g/mol. The van der Waals surface area contributed by atoms with Crippen LogP contribution < -0.4 is 10.1 Å². The van der Waals surface area contributed by atoms with E-state index in [1.54, 1.807) is 20.4 Å². The van der Waals surface area contributed by atoms with Gasteiger partial charge in [0.2, 0.25) is 5.88 Å². The molecule has 3 atom stereocenters. The van der Waals surface area contributed by atoms with Gasteiger partial charge in [0.05, 0.1) is 19.3 Å². The van der Waals surface area contributed by atoms with E-state index in [1.165, 1.54) is 0 Å². The summed E-state index contributed by atoms with van der Waals surface area (Å²) in [5.74, 6) is 0.642. The highest BCUT2D eigenvalue weighted by molar-refractivity contribution is 5.20. The van der Waals surface area contributed by atoms with Crippen LogP contribution in [-0.4, -0.2) is 44.1 Å². The minimum atomic E-state index is 0.142. The summed E-state index contributed by atoms with van der Waals surface area (Å²) in [5, 5.41) is 3.49. The average Bonchev–Trinajstić information content (AvgIpc) is 2.42. The van der Waals surface area contributed by atoms with E-state index in [9.17, 15) is 0 Å². The third-order valence-corrected chi connectivity index (χ3v) is 3.48. The number of hydrogen-bond acceptors (Lipinski definition) is 5. The van der Waals surface area contributed by atoms with Crippen LogP contribution in [0.5, 0.6) is 5.88 Å². The third kappa shape index (κ3) is 3.43. The largest absolute Gasteiger partial charge is 0.481 e. The summed E-state index contributed by atoms with van der Waals surface area (Å²) in [4.78, 5) is 4.09. The lowest BCUT2D eigenvalue weighted by atomic mass is 9.85. The first-order chi connectivity index (χ1) is 9.28. The highest BCUT2D eigenvalue weighted by Gasteiger charge is 2.41. The molecule has 3 unspecified atom stereocenters. The lowest BCUT2D eigenvalue weighted by molar-refractivity contribution is -0.131. The van der Waals surface area contributed by atoms with Crippen molar-refractivity contribution in [2.24, 2.45) is 0 Å². The van der Waals surface area contributed by atoms with Gasteiger partial charge in [0, 0.05) is 38.6 Å². The van der Waals surface area contributed by atoms with Gasteiger partial charge in [-0.3, -0.25) is 0 Å². The van der Waals surface area contributed by atoms with Crippen molar-refractivity contribution in [3.05, 3.63) is 23.9 Å². The summed E-state index contributed by atoms with van der Waals surface area (Å²) >= 11 is 0. The number of nitrogens with one attached hydrogen (secondary N) is 1. The Morgan fingerprint density at radius 3 is 2.95 bits per heavy atom. The summed E-state index contributed by atoms with van der Waals surface area (Å²) in [6, 6.07) is 4.27. The van der Waals surface area contributed by atoms with Crippen molar-refractivity contribution in [3.63, 3.8) is 0 Å². The molecule has 1 saturated carbocycles. The monoisotopic (exact) mass is 266 g/mol. The van der Waals surface area contributed by atoms with E-state index < -0.39 is 0 Å². The number of rotatable bonds is 7. The topological polar surface area (TPSA) is 52.6 Å². The minimum Gasteiger partial charge on any atom is -0.481 e. The van der Waals surface area contributed by atoms with Crippen LogP contribution in [0.25, 0.3) is 0 Å². The summed E-state index contributed by atoms with van der Waals surface area (Å²) in [6.45, 7) is 3.53.